The molecule has 3 aliphatic rings. The highest BCUT2D eigenvalue weighted by atomic mass is 16.5. The molecule has 3 aliphatic carbocycles. The van der Waals surface area contributed by atoms with Crippen molar-refractivity contribution in [2.45, 2.75) is 31.8 Å². The van der Waals surface area contributed by atoms with E-state index in [9.17, 15) is 20.4 Å². The third-order valence-corrected chi connectivity index (χ3v) is 6.03. The first kappa shape index (κ1) is 16.0. The van der Waals surface area contributed by atoms with E-state index >= 15 is 0 Å². The van der Waals surface area contributed by atoms with Crippen molar-refractivity contribution in [3.63, 3.8) is 0 Å². The Hall–Kier alpha value is -2.24. The van der Waals surface area contributed by atoms with Crippen molar-refractivity contribution < 1.29 is 20.4 Å². The van der Waals surface area contributed by atoms with Gasteiger partial charge in [0.05, 0.1) is 0 Å². The lowest BCUT2D eigenvalue weighted by Crippen LogP contribution is -2.32. The third kappa shape index (κ3) is 1.82. The summed E-state index contributed by atoms with van der Waals surface area (Å²) in [6.07, 6.45) is 2.09. The molecule has 26 heavy (non-hydrogen) atoms. The van der Waals surface area contributed by atoms with E-state index in [0.29, 0.717) is 23.1 Å². The number of fused-ring (bicyclic) bond motifs is 5. The predicted octanol–water partition coefficient (Wildman–Crippen LogP) is 2.46. The van der Waals surface area contributed by atoms with Crippen molar-refractivity contribution in [2.24, 2.45) is 5.92 Å². The molecule has 4 N–H and O–H groups in total. The topological polar surface area (TPSA) is 80.9 Å². The minimum Gasteiger partial charge on any atom is -0.361 e. The lowest BCUT2D eigenvalue weighted by atomic mass is 9.81. The minimum atomic E-state index is -2.06. The Morgan fingerprint density at radius 1 is 0.846 bits per heavy atom. The van der Waals surface area contributed by atoms with Gasteiger partial charge in [0.25, 0.3) is 0 Å². The van der Waals surface area contributed by atoms with Gasteiger partial charge in [0, 0.05) is 22.6 Å². The lowest BCUT2D eigenvalue weighted by Gasteiger charge is -2.30. The van der Waals surface area contributed by atoms with Crippen LogP contribution in [0.3, 0.4) is 0 Å². The van der Waals surface area contributed by atoms with E-state index in [0.717, 1.165) is 33.4 Å². The monoisotopic (exact) mass is 348 g/mol. The standard InChI is InChI=1S/C22H20O4/c1-11-3-5-13-15-9-20-16(10-19(15)21(23,24)17(13)7-11)14-6-4-12(2)8-18(14)22(20,25)26/h3-9,19,23-26H,10H2,1-2H3. The second kappa shape index (κ2) is 4.72. The zero-order valence-corrected chi connectivity index (χ0v) is 14.6. The summed E-state index contributed by atoms with van der Waals surface area (Å²) in [5.41, 5.74) is 6.35. The van der Waals surface area contributed by atoms with Crippen LogP contribution in [-0.2, 0) is 11.6 Å². The van der Waals surface area contributed by atoms with Crippen molar-refractivity contribution >= 4 is 11.1 Å². The first-order valence-electron chi connectivity index (χ1n) is 8.79. The summed E-state index contributed by atoms with van der Waals surface area (Å²) in [5, 5.41) is 43.4. The van der Waals surface area contributed by atoms with Gasteiger partial charge in [0.1, 0.15) is 0 Å². The van der Waals surface area contributed by atoms with Crippen LogP contribution in [0.25, 0.3) is 11.1 Å². The number of hydrogen-bond donors (Lipinski definition) is 4. The summed E-state index contributed by atoms with van der Waals surface area (Å²) in [7, 11) is 0. The van der Waals surface area contributed by atoms with Crippen molar-refractivity contribution in [1.82, 2.24) is 0 Å². The lowest BCUT2D eigenvalue weighted by molar-refractivity contribution is -0.189. The van der Waals surface area contributed by atoms with Gasteiger partial charge in [-0.05, 0) is 54.7 Å². The van der Waals surface area contributed by atoms with E-state index < -0.39 is 17.5 Å². The van der Waals surface area contributed by atoms with Gasteiger partial charge in [0.2, 0.25) is 5.79 Å². The van der Waals surface area contributed by atoms with Crippen molar-refractivity contribution in [3.05, 3.63) is 81.4 Å². The van der Waals surface area contributed by atoms with Crippen LogP contribution in [0.1, 0.15) is 39.8 Å². The summed E-state index contributed by atoms with van der Waals surface area (Å²) in [6, 6.07) is 11.2. The largest absolute Gasteiger partial charge is 0.361 e. The molecule has 0 saturated heterocycles. The van der Waals surface area contributed by atoms with E-state index in [1.54, 1.807) is 18.2 Å². The molecule has 2 aromatic rings. The third-order valence-electron chi connectivity index (χ3n) is 6.03. The molecule has 1 atom stereocenters. The maximum Gasteiger partial charge on any atom is 0.218 e. The Kier molecular flexibility index (Phi) is 2.90. The maximum atomic E-state index is 10.9. The van der Waals surface area contributed by atoms with E-state index in [4.69, 9.17) is 0 Å². The maximum absolute atomic E-state index is 10.9. The normalized spacial score (nSPS) is 23.9. The first-order valence-corrected chi connectivity index (χ1v) is 8.79. The van der Waals surface area contributed by atoms with Crippen molar-refractivity contribution in [2.75, 3.05) is 0 Å². The smallest absolute Gasteiger partial charge is 0.218 e. The molecule has 0 radical (unpaired) electrons. The van der Waals surface area contributed by atoms with Crippen LogP contribution in [-0.4, -0.2) is 20.4 Å². The number of rotatable bonds is 0. The highest BCUT2D eigenvalue weighted by molar-refractivity contribution is 5.91. The summed E-state index contributed by atoms with van der Waals surface area (Å²) in [4.78, 5) is 0. The Labute approximate surface area is 151 Å². The van der Waals surface area contributed by atoms with E-state index in [1.165, 1.54) is 0 Å². The number of allylic oxidation sites excluding steroid dienone is 1. The average molecular weight is 348 g/mol. The highest BCUT2D eigenvalue weighted by Gasteiger charge is 2.53. The Balaban J connectivity index is 1.74. The molecule has 0 aliphatic heterocycles. The van der Waals surface area contributed by atoms with Crippen molar-refractivity contribution in [3.8, 4) is 0 Å². The number of benzene rings is 2. The zero-order valence-electron chi connectivity index (χ0n) is 14.6. The van der Waals surface area contributed by atoms with E-state index in [-0.39, 0.29) is 0 Å². The van der Waals surface area contributed by atoms with Gasteiger partial charge >= 0.3 is 0 Å². The first-order chi connectivity index (χ1) is 12.2. The number of hydrogen-bond acceptors (Lipinski definition) is 4. The van der Waals surface area contributed by atoms with Crippen LogP contribution in [0.4, 0.5) is 0 Å². The van der Waals surface area contributed by atoms with Crippen LogP contribution in [0, 0.1) is 19.8 Å². The highest BCUT2D eigenvalue weighted by Crippen LogP contribution is 2.58. The van der Waals surface area contributed by atoms with Gasteiger partial charge in [-0.3, -0.25) is 0 Å². The predicted molar refractivity (Wildman–Crippen MR) is 97.6 cm³/mol. The Bertz CT molecular complexity index is 1040. The molecule has 0 bridgehead atoms. The number of aryl methyl sites for hydroxylation is 2. The molecular weight excluding hydrogens is 328 g/mol. The molecule has 5 rings (SSSR count). The second-order valence-corrected chi connectivity index (χ2v) is 7.75. The molecule has 4 nitrogen and oxygen atoms in total. The van der Waals surface area contributed by atoms with Crippen LogP contribution < -0.4 is 0 Å². The van der Waals surface area contributed by atoms with Gasteiger partial charge in [-0.1, -0.05) is 41.5 Å². The molecule has 4 heteroatoms. The van der Waals surface area contributed by atoms with Crippen molar-refractivity contribution in [1.29, 1.82) is 0 Å². The second-order valence-electron chi connectivity index (χ2n) is 7.75. The molecule has 132 valence electrons. The van der Waals surface area contributed by atoms with E-state index in [1.807, 2.05) is 38.1 Å². The molecule has 0 amide bonds. The van der Waals surface area contributed by atoms with Gasteiger partial charge in [-0.15, -0.1) is 0 Å². The average Bonchev–Trinajstić information content (AvgIpc) is 2.93. The zero-order chi connectivity index (χ0) is 18.4. The van der Waals surface area contributed by atoms with Crippen LogP contribution in [0.2, 0.25) is 0 Å². The minimum absolute atomic E-state index is 0.348. The Morgan fingerprint density at radius 2 is 1.46 bits per heavy atom. The molecule has 2 aromatic carbocycles. The number of aliphatic hydroxyl groups is 4. The Morgan fingerprint density at radius 3 is 2.15 bits per heavy atom. The van der Waals surface area contributed by atoms with Gasteiger partial charge in [-0.25, -0.2) is 0 Å². The molecule has 0 fully saturated rings. The van der Waals surface area contributed by atoms with Gasteiger partial charge in [0.15, 0.2) is 5.79 Å². The summed E-state index contributed by atoms with van der Waals surface area (Å²) in [6.45, 7) is 3.82. The molecule has 1 unspecified atom stereocenters. The van der Waals surface area contributed by atoms with E-state index in [2.05, 4.69) is 0 Å². The fraction of sp³-hybridized carbons (Fsp3) is 0.273. The molecule has 0 heterocycles. The molecule has 0 spiro atoms. The SMILES string of the molecule is Cc1ccc2c(c1)C(O)(O)C1=C2CC2C(=C1)c1ccc(C)cc1C2(O)O. The summed E-state index contributed by atoms with van der Waals surface area (Å²) in [5.74, 6) is -4.55. The van der Waals surface area contributed by atoms with Crippen LogP contribution in [0.5, 0.6) is 0 Å². The molecule has 0 aromatic heterocycles. The quantitative estimate of drug-likeness (QED) is 0.552. The van der Waals surface area contributed by atoms with Gasteiger partial charge in [-0.2, -0.15) is 0 Å². The summed E-state index contributed by atoms with van der Waals surface area (Å²) < 4.78 is 0. The summed E-state index contributed by atoms with van der Waals surface area (Å²) >= 11 is 0. The fourth-order valence-electron chi connectivity index (χ4n) is 4.71. The van der Waals surface area contributed by atoms with Crippen LogP contribution in [0.15, 0.2) is 48.0 Å². The van der Waals surface area contributed by atoms with Gasteiger partial charge < -0.3 is 20.4 Å². The fourth-order valence-corrected chi connectivity index (χ4v) is 4.71. The molecular formula is C22H20O4. The molecule has 0 saturated carbocycles. The van der Waals surface area contributed by atoms with Crippen LogP contribution >= 0.6 is 0 Å².